The summed E-state index contributed by atoms with van der Waals surface area (Å²) in [6, 6.07) is -0.676. The van der Waals surface area contributed by atoms with E-state index in [0.717, 1.165) is 4.90 Å². The molecule has 3 aliphatic rings. The number of phenolic OH excluding ortho intramolecular Hbond substituents is 1. The number of hydrogen-bond donors (Lipinski definition) is 16. The number of aliphatic hydroxyl groups is 3. The largest absolute Gasteiger partial charge is 0.610 e. The summed E-state index contributed by atoms with van der Waals surface area (Å²) in [4.78, 5) is 183. The van der Waals surface area contributed by atoms with Crippen molar-refractivity contribution in [2.24, 2.45) is 23.2 Å². The molecule has 0 spiro atoms. The Balaban J connectivity index is 1.29. The molecular weight excluding hydrogens is 1250 g/mol. The van der Waals surface area contributed by atoms with E-state index in [1.807, 2.05) is 0 Å². The highest BCUT2D eigenvalue weighted by molar-refractivity contribution is 7.91. The van der Waals surface area contributed by atoms with Gasteiger partial charge in [0, 0.05) is 84.0 Å². The highest BCUT2D eigenvalue weighted by Gasteiger charge is 2.45. The van der Waals surface area contributed by atoms with Crippen LogP contribution in [0.15, 0.2) is 47.5 Å². The first-order valence-electron chi connectivity index (χ1n) is 31.0. The fraction of sp³-hybridized carbons (Fsp3) is 0.565. The summed E-state index contributed by atoms with van der Waals surface area (Å²) in [7, 11) is 0. The summed E-state index contributed by atoms with van der Waals surface area (Å²) < 4.78 is 15.0. The van der Waals surface area contributed by atoms with E-state index < -0.39 is 211 Å². The van der Waals surface area contributed by atoms with Crippen molar-refractivity contribution in [3.8, 4) is 5.75 Å². The molecule has 31 nitrogen and oxygen atoms in total. The molecule has 6 rings (SSSR count). The number of aromatic nitrogens is 1. The highest BCUT2D eigenvalue weighted by atomic mass is 32.2. The van der Waals surface area contributed by atoms with Crippen LogP contribution in [0.25, 0.3) is 10.9 Å². The van der Waals surface area contributed by atoms with E-state index in [1.165, 1.54) is 56.3 Å². The minimum absolute atomic E-state index is 0.0939. The lowest BCUT2D eigenvalue weighted by Crippen LogP contribution is -2.62. The number of nitrogens with zero attached hydrogens (tertiary/aromatic N) is 1. The van der Waals surface area contributed by atoms with E-state index in [1.54, 1.807) is 48.5 Å². The van der Waals surface area contributed by atoms with Crippen LogP contribution in [0.2, 0.25) is 0 Å². The van der Waals surface area contributed by atoms with Gasteiger partial charge in [-0.2, -0.15) is 0 Å². The third-order valence-electron chi connectivity index (χ3n) is 16.7. The van der Waals surface area contributed by atoms with Crippen molar-refractivity contribution in [3.05, 3.63) is 53.6 Å². The average Bonchev–Trinajstić information content (AvgIpc) is 1.63. The molecule has 0 radical (unpaired) electrons. The van der Waals surface area contributed by atoms with Crippen LogP contribution in [-0.2, 0) is 86.5 Å². The smallest absolute Gasteiger partial charge is 0.288 e. The molecule has 1 aromatic heterocycles. The van der Waals surface area contributed by atoms with Gasteiger partial charge in [-0.3, -0.25) is 67.6 Å². The lowest BCUT2D eigenvalue weighted by atomic mass is 9.88. The van der Waals surface area contributed by atoms with E-state index in [0.29, 0.717) is 12.0 Å². The van der Waals surface area contributed by atoms with Gasteiger partial charge in [-0.05, 0) is 48.6 Å². The third-order valence-corrected chi connectivity index (χ3v) is 18.1. The molecule has 514 valence electrons. The Hall–Kier alpha value is -8.56. The number of carbonyl (C=O) groups excluding carboxylic acids is 13. The van der Waals surface area contributed by atoms with Crippen molar-refractivity contribution >= 4 is 104 Å². The van der Waals surface area contributed by atoms with Gasteiger partial charge in [-0.1, -0.05) is 73.9 Å². The maximum absolute atomic E-state index is 15.1. The van der Waals surface area contributed by atoms with E-state index in [-0.39, 0.29) is 64.5 Å². The number of aliphatic hydroxyl groups excluding tert-OH is 3. The minimum Gasteiger partial charge on any atom is -0.610 e. The molecule has 3 aromatic rings. The SMILES string of the molecule is CC[C@H](C)[C@@H]1NC(=O)CNC(=O)[C@@H]2Cc3c([nH]c4cc(O)ccc34)[S+]([O-])C[C@H](NC(=O)CNC1=O)C(=O)N[C@@H](CC(=O)NCc1ccc(NC(=O)[C@H](C)NC(=O)C(NC(=O)C(=O)CCC(=O)C(C)(C)C)C(C)C)cc1)C(=O)N1C[C@H](O)C[C@H]1N[C@@H]([C@@H](C)[C@@H](O)CO)C(=O)N2. The first-order chi connectivity index (χ1) is 44.2. The van der Waals surface area contributed by atoms with E-state index in [4.69, 9.17) is 0 Å². The summed E-state index contributed by atoms with van der Waals surface area (Å²) in [5.74, 6) is -14.7. The molecule has 0 saturated carbocycles. The van der Waals surface area contributed by atoms with Crippen LogP contribution in [0.5, 0.6) is 5.75 Å². The number of H-pyrrole nitrogens is 1. The first-order valence-corrected chi connectivity index (χ1v) is 32.4. The maximum Gasteiger partial charge on any atom is 0.288 e. The minimum atomic E-state index is -2.43. The molecule has 2 unspecified atom stereocenters. The number of ketones is 2. The number of fused-ring (bicyclic) bond motifs is 5. The predicted molar refractivity (Wildman–Crippen MR) is 338 cm³/mol. The van der Waals surface area contributed by atoms with Gasteiger partial charge in [0.2, 0.25) is 69.9 Å². The zero-order valence-electron chi connectivity index (χ0n) is 53.9. The normalized spacial score (nSPS) is 23.7. The highest BCUT2D eigenvalue weighted by Crippen LogP contribution is 2.32. The molecule has 0 aliphatic carbocycles. The van der Waals surface area contributed by atoms with Gasteiger partial charge in [0.05, 0.1) is 56.0 Å². The quantitative estimate of drug-likeness (QED) is 0.0417. The summed E-state index contributed by atoms with van der Waals surface area (Å²) in [6.45, 7) is 11.4. The second-order valence-electron chi connectivity index (χ2n) is 25.3. The second-order valence-corrected chi connectivity index (χ2v) is 26.8. The number of benzene rings is 2. The van der Waals surface area contributed by atoms with Gasteiger partial charge in [0.15, 0.2) is 6.04 Å². The molecule has 3 aliphatic heterocycles. The number of aromatic hydroxyl groups is 1. The molecule has 11 amide bonds. The summed E-state index contributed by atoms with van der Waals surface area (Å²) in [6.07, 6.45) is -6.06. The van der Waals surface area contributed by atoms with Crippen LogP contribution < -0.4 is 58.5 Å². The van der Waals surface area contributed by atoms with E-state index in [2.05, 4.69) is 63.5 Å². The van der Waals surface area contributed by atoms with E-state index >= 15 is 4.79 Å². The Bertz CT molecular complexity index is 3340. The number of anilines is 1. The average molecular weight is 1330 g/mol. The molecule has 16 N–H and O–H groups in total. The lowest BCUT2D eigenvalue weighted by Gasteiger charge is -2.35. The summed E-state index contributed by atoms with van der Waals surface area (Å²) >= 11 is -2.43. The number of phenols is 1. The van der Waals surface area contributed by atoms with Gasteiger partial charge in [0.1, 0.15) is 47.5 Å². The standard InChI is InChI=1S/C62H87N13O18S/c1-10-30(4)51-57(89)65-24-48(83)68-42-28-94(93)60-38(37-16-15-35(77)19-39(37)71-60)21-40(54(86)64-25-49(84)73-51)69-59(91)52(31(5)44(80)27-76)72-46-20-36(78)26-75(46)61(92)41(70-55(42)87)22-47(82)63-23-33-11-13-34(14-12-33)67-53(85)32(6)66-58(90)50(29(2)3)74-56(88)43(79)17-18-45(81)62(7,8)9/h11-16,19,29-32,36,40-42,44,46,50-52,71-72,76-78,80H,10,17-18,20-28H2,1-9H3,(H,63,82)(H,64,86)(H,65,89)(H,66,90)(H,67,85)(H,68,83)(H,69,91)(H,70,87)(H,73,84)(H,74,88)/t30-,31-,32-,36+,40-,41-,42-,44-,46-,50?,51-,52-,94?/m0/s1. The van der Waals surface area contributed by atoms with Crippen molar-refractivity contribution in [2.45, 2.75) is 173 Å². The first kappa shape index (κ1) is 74.5. The van der Waals surface area contributed by atoms with Crippen LogP contribution in [0.1, 0.15) is 106 Å². The zero-order valence-corrected chi connectivity index (χ0v) is 54.7. The Morgan fingerprint density at radius 3 is 2.09 bits per heavy atom. The number of amides is 11. The third kappa shape index (κ3) is 20.0. The maximum atomic E-state index is 15.1. The van der Waals surface area contributed by atoms with Crippen LogP contribution in [0, 0.1) is 23.2 Å². The lowest BCUT2D eigenvalue weighted by molar-refractivity contribution is -0.141. The van der Waals surface area contributed by atoms with Crippen molar-refractivity contribution in [1.29, 1.82) is 0 Å². The number of rotatable bonds is 19. The van der Waals surface area contributed by atoms with Crippen LogP contribution in [0.3, 0.4) is 0 Å². The molecule has 13 atom stereocenters. The molecule has 32 heteroatoms. The topological polar surface area (TPSA) is 477 Å². The Kier molecular flexibility index (Phi) is 26.2. The summed E-state index contributed by atoms with van der Waals surface area (Å²) in [5.41, 5.74) is 0.244. The number of Topliss-reactive ketones (excluding diaryl/α,β-unsaturated/α-hetero) is 2. The van der Waals surface area contributed by atoms with Crippen LogP contribution in [-0.4, -0.2) is 204 Å². The zero-order chi connectivity index (χ0) is 69.6. The van der Waals surface area contributed by atoms with Crippen molar-refractivity contribution in [1.82, 2.24) is 63.1 Å². The fourth-order valence-electron chi connectivity index (χ4n) is 10.7. The van der Waals surface area contributed by atoms with Gasteiger partial charge < -0.3 is 88.0 Å². The van der Waals surface area contributed by atoms with Gasteiger partial charge >= 0.3 is 0 Å². The molecule has 2 bridgehead atoms. The fourth-order valence-corrected chi connectivity index (χ4v) is 12.0. The van der Waals surface area contributed by atoms with Gasteiger partial charge in [-0.25, -0.2) is 0 Å². The molecule has 2 aromatic carbocycles. The molecule has 1 saturated heterocycles. The monoisotopic (exact) mass is 1330 g/mol. The van der Waals surface area contributed by atoms with Crippen molar-refractivity contribution in [3.63, 3.8) is 0 Å². The second kappa shape index (κ2) is 33.0. The van der Waals surface area contributed by atoms with Crippen molar-refractivity contribution < 1.29 is 87.3 Å². The van der Waals surface area contributed by atoms with Gasteiger partial charge in [-0.15, -0.1) is 0 Å². The van der Waals surface area contributed by atoms with E-state index in [9.17, 15) is 82.5 Å². The Morgan fingerprint density at radius 2 is 1.45 bits per heavy atom. The Labute approximate surface area is 545 Å². The molecule has 1 fully saturated rings. The molecule has 4 heterocycles. The number of hydrogen-bond acceptors (Lipinski definition) is 19. The number of carbonyl (C=O) groups is 13. The molecule has 94 heavy (non-hydrogen) atoms. The van der Waals surface area contributed by atoms with Crippen LogP contribution in [0.4, 0.5) is 5.69 Å². The summed E-state index contributed by atoms with van der Waals surface area (Å²) in [5, 5.41) is 71.4. The predicted octanol–water partition coefficient (Wildman–Crippen LogP) is -3.11. The molecular formula is C62H87N13O18S. The Morgan fingerprint density at radius 1 is 0.787 bits per heavy atom. The van der Waals surface area contributed by atoms with Crippen molar-refractivity contribution in [2.75, 3.05) is 37.3 Å². The number of nitrogens with one attached hydrogen (secondary N) is 12. The number of aromatic amines is 1. The van der Waals surface area contributed by atoms with Crippen LogP contribution >= 0.6 is 0 Å². The van der Waals surface area contributed by atoms with Gasteiger partial charge in [0.25, 0.3) is 5.91 Å².